The molecule has 0 aromatic carbocycles. The minimum absolute atomic E-state index is 0.134. The Balaban J connectivity index is 4.34. The molecular weight excluding hydrogens is 238 g/mol. The molecule has 6 nitrogen and oxygen atoms in total. The first-order chi connectivity index (χ1) is 6.78. The zero-order valence-electron chi connectivity index (χ0n) is 8.61. The molecule has 1 amide bonds. The van der Waals surface area contributed by atoms with Gasteiger partial charge in [0.25, 0.3) is 0 Å². The monoisotopic (exact) mass is 253 g/mol. The fourth-order valence-corrected chi connectivity index (χ4v) is 2.45. The van der Waals surface area contributed by atoms with Crippen LogP contribution in [0.25, 0.3) is 0 Å². The molecule has 0 bridgehead atoms. The lowest BCUT2D eigenvalue weighted by molar-refractivity contribution is -0.122. The van der Waals surface area contributed by atoms with Gasteiger partial charge in [0, 0.05) is 6.54 Å². The first-order valence-corrected chi connectivity index (χ1v) is 6.40. The van der Waals surface area contributed by atoms with Crippen molar-refractivity contribution in [3.63, 3.8) is 0 Å². The van der Waals surface area contributed by atoms with E-state index in [-0.39, 0.29) is 10.9 Å². The van der Waals surface area contributed by atoms with E-state index in [1.165, 1.54) is 6.92 Å². The van der Waals surface area contributed by atoms with Crippen LogP contribution < -0.4 is 15.8 Å². The highest BCUT2D eigenvalue weighted by atomic mass is 32.2. The van der Waals surface area contributed by atoms with Gasteiger partial charge >= 0.3 is 0 Å². The van der Waals surface area contributed by atoms with Crippen LogP contribution in [0.2, 0.25) is 0 Å². The molecule has 1 atom stereocenters. The number of hydrogen-bond donors (Lipinski definition) is 3. The number of hydrogen-bond acceptors (Lipinski definition) is 4. The van der Waals surface area contributed by atoms with Gasteiger partial charge in [0.1, 0.15) is 5.75 Å². The molecule has 0 saturated heterocycles. The molecule has 15 heavy (non-hydrogen) atoms. The van der Waals surface area contributed by atoms with Crippen LogP contribution >= 0.6 is 12.2 Å². The highest BCUT2D eigenvalue weighted by Crippen LogP contribution is 1.90. The van der Waals surface area contributed by atoms with Crippen molar-refractivity contribution in [2.45, 2.75) is 19.9 Å². The van der Waals surface area contributed by atoms with Crippen LogP contribution in [0.5, 0.6) is 0 Å². The van der Waals surface area contributed by atoms with Crippen LogP contribution in [-0.4, -0.2) is 37.7 Å². The molecule has 0 heterocycles. The van der Waals surface area contributed by atoms with Crippen molar-refractivity contribution in [1.29, 1.82) is 0 Å². The summed E-state index contributed by atoms with van der Waals surface area (Å²) in [5.74, 6) is -0.837. The Morgan fingerprint density at radius 2 is 2.07 bits per heavy atom. The van der Waals surface area contributed by atoms with Crippen LogP contribution in [0.3, 0.4) is 0 Å². The molecule has 0 aliphatic rings. The molecule has 0 fully saturated rings. The van der Waals surface area contributed by atoms with Gasteiger partial charge in [-0.05, 0) is 13.8 Å². The summed E-state index contributed by atoms with van der Waals surface area (Å²) < 4.78 is 24.8. The molecule has 1 unspecified atom stereocenters. The molecule has 0 aromatic rings. The predicted molar refractivity (Wildman–Crippen MR) is 61.9 cm³/mol. The number of thiocarbonyl (C=S) groups is 1. The second kappa shape index (κ2) is 5.99. The maximum Gasteiger partial charge on any atom is 0.237 e. The predicted octanol–water partition coefficient (Wildman–Crippen LogP) is -1.28. The first kappa shape index (κ1) is 14.3. The summed E-state index contributed by atoms with van der Waals surface area (Å²) in [5.41, 5.74) is 5.10. The maximum absolute atomic E-state index is 11.3. The normalized spacial score (nSPS) is 13.2. The van der Waals surface area contributed by atoms with Crippen molar-refractivity contribution in [3.05, 3.63) is 0 Å². The van der Waals surface area contributed by atoms with Crippen LogP contribution in [0.1, 0.15) is 13.8 Å². The number of carbonyl (C=O) groups excluding carboxylic acids is 1. The number of carbonyl (C=O) groups is 1. The maximum atomic E-state index is 11.3. The second-order valence-electron chi connectivity index (χ2n) is 2.96. The highest BCUT2D eigenvalue weighted by Gasteiger charge is 2.20. The molecule has 0 aliphatic carbocycles. The number of likely N-dealkylation sites (N-methyl/N-ethyl adjacent to an activating group) is 1. The summed E-state index contributed by atoms with van der Waals surface area (Å²) in [5, 5.41) is 2.49. The lowest BCUT2D eigenvalue weighted by Crippen LogP contribution is -2.46. The molecule has 0 saturated carbocycles. The van der Waals surface area contributed by atoms with Crippen molar-refractivity contribution in [1.82, 2.24) is 10.0 Å². The molecule has 0 radical (unpaired) electrons. The fraction of sp³-hybridized carbons (Fsp3) is 0.714. The molecule has 88 valence electrons. The number of nitrogens with one attached hydrogen (secondary N) is 2. The molecule has 0 rings (SSSR count). The quantitative estimate of drug-likeness (QED) is 0.512. The second-order valence-corrected chi connectivity index (χ2v) is 5.24. The number of rotatable bonds is 6. The van der Waals surface area contributed by atoms with Crippen LogP contribution in [0, 0.1) is 0 Å². The lowest BCUT2D eigenvalue weighted by atomic mass is 10.3. The van der Waals surface area contributed by atoms with Crippen LogP contribution in [0.4, 0.5) is 0 Å². The van der Waals surface area contributed by atoms with Gasteiger partial charge in [-0.25, -0.2) is 13.1 Å². The van der Waals surface area contributed by atoms with Gasteiger partial charge in [0.2, 0.25) is 15.9 Å². The van der Waals surface area contributed by atoms with E-state index in [1.54, 1.807) is 6.92 Å². The van der Waals surface area contributed by atoms with E-state index in [0.717, 1.165) is 0 Å². The third-order valence-electron chi connectivity index (χ3n) is 1.43. The standard InChI is InChI=1S/C7H15N3O3S2/c1-3-9-7(11)5(2)10-15(12,13)4-6(8)14/h5,10H,3-4H2,1-2H3,(H2,8,14)(H,9,11). The summed E-state index contributed by atoms with van der Waals surface area (Å²) in [6.07, 6.45) is 0. The van der Waals surface area contributed by atoms with E-state index < -0.39 is 21.8 Å². The number of nitrogens with two attached hydrogens (primary N) is 1. The zero-order valence-corrected chi connectivity index (χ0v) is 10.2. The van der Waals surface area contributed by atoms with Gasteiger partial charge in [0.15, 0.2) is 0 Å². The van der Waals surface area contributed by atoms with Gasteiger partial charge in [-0.3, -0.25) is 4.79 Å². The van der Waals surface area contributed by atoms with Gasteiger partial charge < -0.3 is 11.1 Å². The number of amides is 1. The SMILES string of the molecule is CCNC(=O)C(C)NS(=O)(=O)CC(N)=S. The average Bonchev–Trinajstić information content (AvgIpc) is 2.00. The molecular formula is C7H15N3O3S2. The highest BCUT2D eigenvalue weighted by molar-refractivity contribution is 7.92. The lowest BCUT2D eigenvalue weighted by Gasteiger charge is -2.13. The third kappa shape index (κ3) is 6.37. The average molecular weight is 253 g/mol. The van der Waals surface area contributed by atoms with Crippen molar-refractivity contribution in [2.24, 2.45) is 5.73 Å². The van der Waals surface area contributed by atoms with E-state index in [2.05, 4.69) is 22.3 Å². The van der Waals surface area contributed by atoms with Crippen molar-refractivity contribution < 1.29 is 13.2 Å². The summed E-state index contributed by atoms with van der Waals surface area (Å²) in [6.45, 7) is 3.64. The molecule has 0 spiro atoms. The van der Waals surface area contributed by atoms with E-state index in [1.807, 2.05) is 0 Å². The van der Waals surface area contributed by atoms with Gasteiger partial charge in [-0.2, -0.15) is 0 Å². The van der Waals surface area contributed by atoms with E-state index in [0.29, 0.717) is 6.54 Å². The van der Waals surface area contributed by atoms with E-state index in [9.17, 15) is 13.2 Å². The number of sulfonamides is 1. The summed E-state index contributed by atoms with van der Waals surface area (Å²) >= 11 is 4.47. The Morgan fingerprint density at radius 3 is 2.47 bits per heavy atom. The van der Waals surface area contributed by atoms with E-state index >= 15 is 0 Å². The Morgan fingerprint density at radius 1 is 1.53 bits per heavy atom. The Bertz CT molecular complexity index is 339. The smallest absolute Gasteiger partial charge is 0.237 e. The van der Waals surface area contributed by atoms with Crippen molar-refractivity contribution in [2.75, 3.05) is 12.3 Å². The van der Waals surface area contributed by atoms with E-state index in [4.69, 9.17) is 5.73 Å². The minimum Gasteiger partial charge on any atom is -0.392 e. The summed E-state index contributed by atoms with van der Waals surface area (Å²) in [7, 11) is -3.62. The van der Waals surface area contributed by atoms with Crippen molar-refractivity contribution >= 4 is 33.1 Å². The Hall–Kier alpha value is -0.730. The van der Waals surface area contributed by atoms with Crippen LogP contribution in [0.15, 0.2) is 0 Å². The third-order valence-corrected chi connectivity index (χ3v) is 3.16. The minimum atomic E-state index is -3.62. The molecule has 0 aromatic heterocycles. The summed E-state index contributed by atoms with van der Waals surface area (Å²) in [6, 6.07) is -0.829. The molecule has 4 N–H and O–H groups in total. The Labute approximate surface area is 94.6 Å². The van der Waals surface area contributed by atoms with Gasteiger partial charge in [-0.1, -0.05) is 12.2 Å². The van der Waals surface area contributed by atoms with Gasteiger partial charge in [0.05, 0.1) is 11.0 Å². The fourth-order valence-electron chi connectivity index (χ4n) is 0.879. The van der Waals surface area contributed by atoms with Crippen molar-refractivity contribution in [3.8, 4) is 0 Å². The van der Waals surface area contributed by atoms with Gasteiger partial charge in [-0.15, -0.1) is 0 Å². The zero-order chi connectivity index (χ0) is 12.1. The molecule has 8 heteroatoms. The van der Waals surface area contributed by atoms with Crippen LogP contribution in [-0.2, 0) is 14.8 Å². The largest absolute Gasteiger partial charge is 0.392 e. The molecule has 0 aliphatic heterocycles. The topological polar surface area (TPSA) is 101 Å². The first-order valence-electron chi connectivity index (χ1n) is 4.34. The summed E-state index contributed by atoms with van der Waals surface area (Å²) in [4.78, 5) is 11.1. The Kier molecular flexibility index (Phi) is 5.69.